The van der Waals surface area contributed by atoms with Crippen molar-refractivity contribution in [3.05, 3.63) is 43.9 Å². The third-order valence-electron chi connectivity index (χ3n) is 2.23. The molecule has 0 amide bonds. The number of halogens is 6. The van der Waals surface area contributed by atoms with E-state index in [-0.39, 0.29) is 10.2 Å². The summed E-state index contributed by atoms with van der Waals surface area (Å²) in [5, 5.41) is 2.98. The predicted octanol–water partition coefficient (Wildman–Crippen LogP) is 6.01. The Balaban J connectivity index is 2.20. The predicted molar refractivity (Wildman–Crippen MR) is 83.7 cm³/mol. The lowest BCUT2D eigenvalue weighted by Gasteiger charge is -2.12. The van der Waals surface area contributed by atoms with Crippen molar-refractivity contribution < 1.29 is 17.9 Å². The summed E-state index contributed by atoms with van der Waals surface area (Å²) in [5.74, 6) is 0.227. The van der Waals surface area contributed by atoms with Gasteiger partial charge < -0.3 is 10.1 Å². The molecule has 3 nitrogen and oxygen atoms in total. The van der Waals surface area contributed by atoms with Crippen molar-refractivity contribution in [2.45, 2.75) is 6.36 Å². The topological polar surface area (TPSA) is 34.1 Å². The Morgan fingerprint density at radius 2 is 1.76 bits per heavy atom. The Morgan fingerprint density at radius 3 is 2.33 bits per heavy atom. The molecule has 1 heterocycles. The molecule has 1 N–H and O–H groups in total. The van der Waals surface area contributed by atoms with E-state index >= 15 is 0 Å². The first-order chi connectivity index (χ1) is 9.74. The minimum absolute atomic E-state index is 0.179. The van der Waals surface area contributed by atoms with Crippen LogP contribution in [0.25, 0.3) is 0 Å². The van der Waals surface area contributed by atoms with Gasteiger partial charge in [0, 0.05) is 16.4 Å². The molecule has 0 aliphatic carbocycles. The van der Waals surface area contributed by atoms with Gasteiger partial charge in [-0.05, 0) is 72.1 Å². The number of rotatable bonds is 3. The number of alkyl halides is 3. The number of anilines is 2. The molecule has 0 aliphatic rings. The van der Waals surface area contributed by atoms with Gasteiger partial charge in [-0.1, -0.05) is 0 Å². The number of aromatic nitrogens is 1. The van der Waals surface area contributed by atoms with Crippen LogP contribution in [0.4, 0.5) is 24.7 Å². The molecule has 0 radical (unpaired) electrons. The molecular weight excluding hydrogens is 485 g/mol. The lowest BCUT2D eigenvalue weighted by Crippen LogP contribution is -2.17. The number of benzene rings is 1. The highest BCUT2D eigenvalue weighted by atomic mass is 79.9. The Morgan fingerprint density at radius 1 is 1.05 bits per heavy atom. The quantitative estimate of drug-likeness (QED) is 0.572. The molecule has 9 heteroatoms. The molecule has 0 fully saturated rings. The van der Waals surface area contributed by atoms with Crippen molar-refractivity contribution in [1.82, 2.24) is 4.98 Å². The minimum atomic E-state index is -4.73. The molecule has 2 aromatic rings. The van der Waals surface area contributed by atoms with Crippen LogP contribution in [-0.2, 0) is 0 Å². The van der Waals surface area contributed by atoms with Gasteiger partial charge >= 0.3 is 6.36 Å². The summed E-state index contributed by atoms with van der Waals surface area (Å²) in [6.45, 7) is 0. The van der Waals surface area contributed by atoms with E-state index in [9.17, 15) is 13.2 Å². The maximum atomic E-state index is 12.2. The summed E-state index contributed by atoms with van der Waals surface area (Å²) in [6.07, 6.45) is -3.13. The van der Waals surface area contributed by atoms with Crippen molar-refractivity contribution in [3.63, 3.8) is 0 Å². The largest absolute Gasteiger partial charge is 0.573 e. The van der Waals surface area contributed by atoms with E-state index < -0.39 is 6.36 Å². The highest BCUT2D eigenvalue weighted by Gasteiger charge is 2.31. The molecule has 2 rings (SSSR count). The highest BCUT2D eigenvalue weighted by Crippen LogP contribution is 2.34. The maximum Gasteiger partial charge on any atom is 0.573 e. The summed E-state index contributed by atoms with van der Waals surface area (Å²) in [6, 6.07) is 5.94. The fourth-order valence-electron chi connectivity index (χ4n) is 1.43. The van der Waals surface area contributed by atoms with E-state index in [1.165, 1.54) is 18.2 Å². The van der Waals surface area contributed by atoms with Crippen molar-refractivity contribution in [1.29, 1.82) is 0 Å². The van der Waals surface area contributed by atoms with Crippen LogP contribution in [0.3, 0.4) is 0 Å². The number of hydrogen-bond acceptors (Lipinski definition) is 3. The Labute approximate surface area is 143 Å². The SMILES string of the molecule is FC(F)(F)Oc1ccc(Nc2ncc(Br)cc2Br)cc1Br. The van der Waals surface area contributed by atoms with Crippen LogP contribution in [0.1, 0.15) is 0 Å². The molecule has 0 saturated carbocycles. The molecule has 0 saturated heterocycles. The molecule has 1 aromatic heterocycles. The zero-order valence-electron chi connectivity index (χ0n) is 10.0. The van der Waals surface area contributed by atoms with Gasteiger partial charge in [0.1, 0.15) is 11.6 Å². The van der Waals surface area contributed by atoms with Gasteiger partial charge in [-0.3, -0.25) is 0 Å². The summed E-state index contributed by atoms with van der Waals surface area (Å²) < 4.78 is 42.1. The van der Waals surface area contributed by atoms with Gasteiger partial charge in [0.05, 0.1) is 8.95 Å². The fraction of sp³-hybridized carbons (Fsp3) is 0.0833. The van der Waals surface area contributed by atoms with Gasteiger partial charge in [-0.2, -0.15) is 0 Å². The lowest BCUT2D eigenvalue weighted by molar-refractivity contribution is -0.274. The number of pyridine rings is 1. The first-order valence-corrected chi connectivity index (χ1v) is 7.76. The Hall–Kier alpha value is -0.800. The maximum absolute atomic E-state index is 12.2. The second kappa shape index (κ2) is 6.53. The van der Waals surface area contributed by atoms with Gasteiger partial charge in [-0.25, -0.2) is 4.98 Å². The van der Waals surface area contributed by atoms with E-state index in [1.54, 1.807) is 12.3 Å². The lowest BCUT2D eigenvalue weighted by atomic mass is 10.3. The average molecular weight is 491 g/mol. The smallest absolute Gasteiger partial charge is 0.405 e. The first-order valence-electron chi connectivity index (χ1n) is 5.38. The van der Waals surface area contributed by atoms with Crippen molar-refractivity contribution in [2.75, 3.05) is 5.32 Å². The normalized spacial score (nSPS) is 11.3. The highest BCUT2D eigenvalue weighted by molar-refractivity contribution is 9.11. The molecule has 0 spiro atoms. The summed E-state index contributed by atoms with van der Waals surface area (Å²) >= 11 is 9.66. The number of nitrogens with zero attached hydrogens (tertiary/aromatic N) is 1. The molecule has 0 bridgehead atoms. The summed E-state index contributed by atoms with van der Waals surface area (Å²) in [7, 11) is 0. The zero-order valence-corrected chi connectivity index (χ0v) is 14.8. The zero-order chi connectivity index (χ0) is 15.6. The van der Waals surface area contributed by atoms with E-state index in [2.05, 4.69) is 62.8 Å². The summed E-state index contributed by atoms with van der Waals surface area (Å²) in [4.78, 5) is 4.15. The standard InChI is InChI=1S/C12H6Br3F3N2O/c13-6-3-9(15)11(19-5-6)20-7-1-2-10(8(14)4-7)21-12(16,17)18/h1-5H,(H,19,20). The van der Waals surface area contributed by atoms with Gasteiger partial charge in [0.15, 0.2) is 0 Å². The van der Waals surface area contributed by atoms with Crippen LogP contribution in [0.15, 0.2) is 43.9 Å². The van der Waals surface area contributed by atoms with Gasteiger partial charge in [-0.15, -0.1) is 13.2 Å². The second-order valence-electron chi connectivity index (χ2n) is 3.80. The van der Waals surface area contributed by atoms with Crippen LogP contribution in [0.5, 0.6) is 5.75 Å². The fourth-order valence-corrected chi connectivity index (χ4v) is 2.98. The number of nitrogens with one attached hydrogen (secondary N) is 1. The molecule has 21 heavy (non-hydrogen) atoms. The van der Waals surface area contributed by atoms with Gasteiger partial charge in [0.25, 0.3) is 0 Å². The van der Waals surface area contributed by atoms with E-state index in [1.807, 2.05) is 0 Å². The van der Waals surface area contributed by atoms with E-state index in [0.29, 0.717) is 16.0 Å². The second-order valence-corrected chi connectivity index (χ2v) is 6.43. The molecular formula is C12H6Br3F3N2O. The van der Waals surface area contributed by atoms with Crippen LogP contribution in [0, 0.1) is 0 Å². The average Bonchev–Trinajstić information content (AvgIpc) is 2.35. The Kier molecular flexibility index (Phi) is 5.15. The van der Waals surface area contributed by atoms with Crippen LogP contribution >= 0.6 is 47.8 Å². The first kappa shape index (κ1) is 16.6. The molecule has 112 valence electrons. The van der Waals surface area contributed by atoms with Crippen LogP contribution in [-0.4, -0.2) is 11.3 Å². The third kappa shape index (κ3) is 4.86. The van der Waals surface area contributed by atoms with E-state index in [4.69, 9.17) is 0 Å². The number of hydrogen-bond donors (Lipinski definition) is 1. The molecule has 0 unspecified atom stereocenters. The molecule has 1 aromatic carbocycles. The number of ether oxygens (including phenoxy) is 1. The molecule has 0 aliphatic heterocycles. The molecule has 0 atom stereocenters. The van der Waals surface area contributed by atoms with Crippen molar-refractivity contribution in [2.24, 2.45) is 0 Å². The van der Waals surface area contributed by atoms with Crippen molar-refractivity contribution >= 4 is 59.3 Å². The van der Waals surface area contributed by atoms with Crippen LogP contribution in [0.2, 0.25) is 0 Å². The van der Waals surface area contributed by atoms with E-state index in [0.717, 1.165) is 4.47 Å². The van der Waals surface area contributed by atoms with Crippen LogP contribution < -0.4 is 10.1 Å². The Bertz CT molecular complexity index is 665. The monoisotopic (exact) mass is 488 g/mol. The summed E-state index contributed by atoms with van der Waals surface area (Å²) in [5.41, 5.74) is 0.562. The minimum Gasteiger partial charge on any atom is -0.405 e. The van der Waals surface area contributed by atoms with Gasteiger partial charge in [0.2, 0.25) is 0 Å². The third-order valence-corrected chi connectivity index (χ3v) is 3.89. The van der Waals surface area contributed by atoms with Crippen molar-refractivity contribution in [3.8, 4) is 5.75 Å².